The first-order valence-electron chi connectivity index (χ1n) is 2.68. The number of likely N-dealkylation sites (N-methyl/N-ethyl adjacent to an activating group) is 1. The molecule has 2 nitrogen and oxygen atoms in total. The third-order valence-electron chi connectivity index (χ3n) is 0.792. The second kappa shape index (κ2) is 4.37. The second-order valence-electron chi connectivity index (χ2n) is 1.34. The number of hydrogen-bond donors (Lipinski definition) is 1. The van der Waals surface area contributed by atoms with E-state index in [2.05, 4.69) is 16.9 Å². The highest BCUT2D eigenvalue weighted by Crippen LogP contribution is 1.69. The normalized spacial score (nSPS) is 11.0. The molecule has 0 bridgehead atoms. The molecule has 0 amide bonds. The fourth-order valence-corrected chi connectivity index (χ4v) is 0.424. The summed E-state index contributed by atoms with van der Waals surface area (Å²) in [5.74, 6) is 0.854. The summed E-state index contributed by atoms with van der Waals surface area (Å²) in [5, 5.41) is 3.01. The van der Waals surface area contributed by atoms with Gasteiger partial charge >= 0.3 is 0 Å². The van der Waals surface area contributed by atoms with Crippen molar-refractivity contribution in [3.63, 3.8) is 0 Å². The molecular weight excluding hydrogens is 100 g/mol. The van der Waals surface area contributed by atoms with E-state index in [1.807, 2.05) is 6.92 Å². The highest BCUT2D eigenvalue weighted by Gasteiger charge is 1.81. The average Bonchev–Trinajstić information content (AvgIpc) is 1.83. The Kier molecular flexibility index (Phi) is 3.94. The van der Waals surface area contributed by atoms with Crippen molar-refractivity contribution < 1.29 is 0 Å². The molecule has 0 saturated heterocycles. The van der Waals surface area contributed by atoms with Crippen LogP contribution in [0.3, 0.4) is 0 Å². The molecule has 1 N–H and O–H groups in total. The van der Waals surface area contributed by atoms with Crippen LogP contribution in [-0.4, -0.2) is 19.4 Å². The zero-order valence-electron chi connectivity index (χ0n) is 5.44. The monoisotopic (exact) mass is 112 g/mol. The molecule has 0 aromatic carbocycles. The summed E-state index contributed by atoms with van der Waals surface area (Å²) in [4.78, 5) is 3.88. The lowest BCUT2D eigenvalue weighted by molar-refractivity contribution is 0.967. The molecule has 0 radical (unpaired) electrons. The lowest BCUT2D eigenvalue weighted by Gasteiger charge is -1.97. The first-order chi connectivity index (χ1) is 3.85. The Labute approximate surface area is 50.3 Å². The highest BCUT2D eigenvalue weighted by atomic mass is 15.0. The molecule has 0 rings (SSSR count). The van der Waals surface area contributed by atoms with Crippen LogP contribution in [0, 0.1) is 0 Å². The maximum absolute atomic E-state index is 3.88. The van der Waals surface area contributed by atoms with Crippen LogP contribution in [0.1, 0.15) is 6.92 Å². The van der Waals surface area contributed by atoms with E-state index in [0.29, 0.717) is 0 Å². The first-order valence-corrected chi connectivity index (χ1v) is 2.68. The summed E-state index contributed by atoms with van der Waals surface area (Å²) in [6, 6.07) is 0. The van der Waals surface area contributed by atoms with E-state index in [1.54, 1.807) is 13.1 Å². The van der Waals surface area contributed by atoms with Gasteiger partial charge in [-0.1, -0.05) is 6.58 Å². The molecule has 8 heavy (non-hydrogen) atoms. The minimum absolute atomic E-state index is 0.854. The van der Waals surface area contributed by atoms with Crippen LogP contribution in [0.4, 0.5) is 0 Å². The van der Waals surface area contributed by atoms with E-state index in [1.165, 1.54) is 0 Å². The maximum atomic E-state index is 3.88. The fourth-order valence-electron chi connectivity index (χ4n) is 0.424. The van der Waals surface area contributed by atoms with Gasteiger partial charge in [0, 0.05) is 13.6 Å². The van der Waals surface area contributed by atoms with Gasteiger partial charge in [0.25, 0.3) is 0 Å². The van der Waals surface area contributed by atoms with Gasteiger partial charge in [0.15, 0.2) is 0 Å². The van der Waals surface area contributed by atoms with Crippen molar-refractivity contribution in [2.75, 3.05) is 13.6 Å². The Hall–Kier alpha value is -0.790. The molecule has 0 aliphatic rings. The van der Waals surface area contributed by atoms with Gasteiger partial charge in [-0.05, 0) is 13.0 Å². The lowest BCUT2D eigenvalue weighted by Crippen LogP contribution is -2.19. The zero-order valence-corrected chi connectivity index (χ0v) is 5.44. The number of hydrogen-bond acceptors (Lipinski definition) is 1. The Morgan fingerprint density at radius 3 is 2.62 bits per heavy atom. The van der Waals surface area contributed by atoms with Gasteiger partial charge in [-0.15, -0.1) is 0 Å². The van der Waals surface area contributed by atoms with Crippen molar-refractivity contribution in [1.82, 2.24) is 5.32 Å². The van der Waals surface area contributed by atoms with Crippen molar-refractivity contribution in [1.29, 1.82) is 0 Å². The van der Waals surface area contributed by atoms with Gasteiger partial charge in [-0.3, -0.25) is 4.99 Å². The minimum atomic E-state index is 0.854. The zero-order chi connectivity index (χ0) is 6.41. The highest BCUT2D eigenvalue weighted by molar-refractivity contribution is 5.92. The first kappa shape index (κ1) is 7.21. The molecular formula is C6H12N2. The van der Waals surface area contributed by atoms with Gasteiger partial charge in [0.05, 0.1) is 0 Å². The third kappa shape index (κ3) is 2.39. The van der Waals surface area contributed by atoms with Gasteiger partial charge in [0.2, 0.25) is 0 Å². The largest absolute Gasteiger partial charge is 0.371 e. The van der Waals surface area contributed by atoms with E-state index < -0.39 is 0 Å². The summed E-state index contributed by atoms with van der Waals surface area (Å²) in [7, 11) is 1.74. The standard InChI is InChI=1S/C6H12N2/c1-4-6(7-3)8-5-2/h4H,1,5H2,2-3H3,(H,7,8). The Balaban J connectivity index is 3.54. The van der Waals surface area contributed by atoms with Crippen LogP contribution in [-0.2, 0) is 0 Å². The molecule has 0 heterocycles. The molecule has 46 valence electrons. The lowest BCUT2D eigenvalue weighted by atomic mass is 10.5. The number of nitrogens with zero attached hydrogens (tertiary/aromatic N) is 1. The molecule has 0 unspecified atom stereocenters. The molecule has 0 spiro atoms. The predicted octanol–water partition coefficient (Wildman–Crippen LogP) is 0.810. The van der Waals surface area contributed by atoms with Crippen LogP contribution in [0.2, 0.25) is 0 Å². The predicted molar refractivity (Wildman–Crippen MR) is 37.2 cm³/mol. The topological polar surface area (TPSA) is 24.4 Å². The van der Waals surface area contributed by atoms with Crippen molar-refractivity contribution in [2.24, 2.45) is 4.99 Å². The van der Waals surface area contributed by atoms with Gasteiger partial charge in [-0.2, -0.15) is 0 Å². The van der Waals surface area contributed by atoms with Crippen molar-refractivity contribution >= 4 is 5.84 Å². The second-order valence-corrected chi connectivity index (χ2v) is 1.34. The molecule has 0 aromatic rings. The Morgan fingerprint density at radius 1 is 1.88 bits per heavy atom. The maximum Gasteiger partial charge on any atom is 0.119 e. The summed E-state index contributed by atoms with van der Waals surface area (Å²) < 4.78 is 0. The molecule has 0 aliphatic carbocycles. The summed E-state index contributed by atoms with van der Waals surface area (Å²) >= 11 is 0. The number of nitrogens with one attached hydrogen (secondary N) is 1. The minimum Gasteiger partial charge on any atom is -0.371 e. The van der Waals surface area contributed by atoms with E-state index in [9.17, 15) is 0 Å². The van der Waals surface area contributed by atoms with E-state index in [-0.39, 0.29) is 0 Å². The van der Waals surface area contributed by atoms with E-state index >= 15 is 0 Å². The van der Waals surface area contributed by atoms with E-state index in [4.69, 9.17) is 0 Å². The van der Waals surface area contributed by atoms with Crippen LogP contribution < -0.4 is 5.32 Å². The summed E-state index contributed by atoms with van der Waals surface area (Å²) in [5.41, 5.74) is 0. The Morgan fingerprint density at radius 2 is 2.50 bits per heavy atom. The van der Waals surface area contributed by atoms with Crippen LogP contribution in [0.25, 0.3) is 0 Å². The van der Waals surface area contributed by atoms with Crippen molar-refractivity contribution in [3.05, 3.63) is 12.7 Å². The summed E-state index contributed by atoms with van der Waals surface area (Å²) in [6.07, 6.45) is 1.70. The quantitative estimate of drug-likeness (QED) is 0.415. The molecule has 0 fully saturated rings. The number of amidine groups is 1. The molecule has 0 aliphatic heterocycles. The smallest absolute Gasteiger partial charge is 0.119 e. The molecule has 0 aromatic heterocycles. The fraction of sp³-hybridized carbons (Fsp3) is 0.500. The number of rotatable bonds is 2. The Bertz CT molecular complexity index is 94.7. The molecule has 0 atom stereocenters. The van der Waals surface area contributed by atoms with Crippen molar-refractivity contribution in [3.8, 4) is 0 Å². The van der Waals surface area contributed by atoms with Crippen LogP contribution >= 0.6 is 0 Å². The SMILES string of the molecule is C=CC(=NC)NCC. The summed E-state index contributed by atoms with van der Waals surface area (Å²) in [6.45, 7) is 6.48. The average molecular weight is 112 g/mol. The van der Waals surface area contributed by atoms with E-state index in [0.717, 1.165) is 12.4 Å². The van der Waals surface area contributed by atoms with Gasteiger partial charge in [-0.25, -0.2) is 0 Å². The third-order valence-corrected chi connectivity index (χ3v) is 0.792. The van der Waals surface area contributed by atoms with Crippen LogP contribution in [0.15, 0.2) is 17.6 Å². The molecule has 0 saturated carbocycles. The van der Waals surface area contributed by atoms with Crippen molar-refractivity contribution in [2.45, 2.75) is 6.92 Å². The van der Waals surface area contributed by atoms with Gasteiger partial charge < -0.3 is 5.32 Å². The van der Waals surface area contributed by atoms with Gasteiger partial charge in [0.1, 0.15) is 5.84 Å². The van der Waals surface area contributed by atoms with Crippen LogP contribution in [0.5, 0.6) is 0 Å². The molecule has 2 heteroatoms. The number of aliphatic imine (C=N–C) groups is 1.